The van der Waals surface area contributed by atoms with E-state index in [1.165, 1.54) is 31.7 Å². The molecule has 1 aromatic carbocycles. The van der Waals surface area contributed by atoms with E-state index in [0.717, 1.165) is 29.7 Å². The largest absolute Gasteiger partial charge is 0.381 e. The van der Waals surface area contributed by atoms with Gasteiger partial charge in [0.05, 0.1) is 16.2 Å². The quantitative estimate of drug-likeness (QED) is 0.798. The molecule has 4 N–H and O–H groups in total. The van der Waals surface area contributed by atoms with Gasteiger partial charge >= 0.3 is 0 Å². The lowest BCUT2D eigenvalue weighted by molar-refractivity contribution is 0.436. The first-order chi connectivity index (χ1) is 12.0. The number of hydrogen-bond donors (Lipinski definition) is 2. The molecule has 136 valence electrons. The predicted molar refractivity (Wildman–Crippen MR) is 108 cm³/mol. The maximum atomic E-state index is 6.21. The Hall–Kier alpha value is -1.21. The van der Waals surface area contributed by atoms with E-state index in [1.54, 1.807) is 12.3 Å². The van der Waals surface area contributed by atoms with Crippen molar-refractivity contribution in [3.8, 4) is 0 Å². The number of nitrogens with two attached hydrogens (primary N) is 2. The highest BCUT2D eigenvalue weighted by Crippen LogP contribution is 2.38. The normalized spacial score (nSPS) is 14.8. The van der Waals surface area contributed by atoms with Gasteiger partial charge in [-0.3, -0.25) is 0 Å². The zero-order valence-corrected chi connectivity index (χ0v) is 16.7. The Kier molecular flexibility index (Phi) is 7.62. The molecule has 0 atom stereocenters. The third-order valence-corrected chi connectivity index (χ3v) is 5.98. The van der Waals surface area contributed by atoms with Crippen LogP contribution in [0, 0.1) is 5.92 Å². The summed E-state index contributed by atoms with van der Waals surface area (Å²) >= 11 is 13.6. The first-order valence-corrected chi connectivity index (χ1v) is 9.69. The first kappa shape index (κ1) is 20.1. The fraction of sp³-hybridized carbons (Fsp3) is 0.412. The van der Waals surface area contributed by atoms with E-state index in [0.29, 0.717) is 20.9 Å². The standard InChI is InChI=1S/C16H18Cl2N4S.CH5N/c1-10-5-7-22(8-6-10)13-9-20-16(15(19)21-13)23-12-4-2-3-11(17)14(12)18;1-2/h2-4,9-10H,5-8H2,1H3,(H2,19,21);2H2,1H3. The van der Waals surface area contributed by atoms with E-state index in [1.807, 2.05) is 12.1 Å². The van der Waals surface area contributed by atoms with Crippen molar-refractivity contribution in [3.63, 3.8) is 0 Å². The average Bonchev–Trinajstić information content (AvgIpc) is 2.63. The van der Waals surface area contributed by atoms with Crippen LogP contribution < -0.4 is 16.4 Å². The van der Waals surface area contributed by atoms with Gasteiger partial charge in [0.2, 0.25) is 0 Å². The van der Waals surface area contributed by atoms with Gasteiger partial charge in [-0.1, -0.05) is 48.0 Å². The lowest BCUT2D eigenvalue weighted by atomic mass is 9.99. The van der Waals surface area contributed by atoms with Crippen molar-refractivity contribution in [2.45, 2.75) is 29.7 Å². The molecule has 1 aromatic heterocycles. The molecule has 1 aliphatic heterocycles. The van der Waals surface area contributed by atoms with E-state index in [4.69, 9.17) is 28.9 Å². The Balaban J connectivity index is 0.00000109. The molecule has 25 heavy (non-hydrogen) atoms. The van der Waals surface area contributed by atoms with Gasteiger partial charge in [-0.2, -0.15) is 0 Å². The Bertz CT molecular complexity index is 705. The molecule has 0 spiro atoms. The molecule has 1 saturated heterocycles. The summed E-state index contributed by atoms with van der Waals surface area (Å²) in [5.41, 5.74) is 10.6. The van der Waals surface area contributed by atoms with Crippen molar-refractivity contribution >= 4 is 46.6 Å². The van der Waals surface area contributed by atoms with Gasteiger partial charge in [-0.25, -0.2) is 9.97 Å². The molecule has 0 saturated carbocycles. The first-order valence-electron chi connectivity index (χ1n) is 8.11. The van der Waals surface area contributed by atoms with Gasteiger partial charge in [-0.05, 0) is 37.9 Å². The van der Waals surface area contributed by atoms with E-state index in [-0.39, 0.29) is 0 Å². The molecule has 0 radical (unpaired) electrons. The minimum atomic E-state index is 0.419. The highest BCUT2D eigenvalue weighted by atomic mass is 35.5. The second-order valence-corrected chi connectivity index (χ2v) is 7.56. The molecular weight excluding hydrogens is 377 g/mol. The summed E-state index contributed by atoms with van der Waals surface area (Å²) in [4.78, 5) is 12.0. The van der Waals surface area contributed by atoms with Crippen LogP contribution in [0.2, 0.25) is 10.0 Å². The molecule has 2 heterocycles. The molecule has 1 fully saturated rings. The van der Waals surface area contributed by atoms with Crippen LogP contribution in [0.15, 0.2) is 34.3 Å². The molecule has 2 aromatic rings. The molecule has 8 heteroatoms. The number of anilines is 2. The second kappa shape index (κ2) is 9.48. The van der Waals surface area contributed by atoms with Crippen LogP contribution in [0.1, 0.15) is 19.8 Å². The Labute approximate surface area is 163 Å². The minimum Gasteiger partial charge on any atom is -0.381 e. The van der Waals surface area contributed by atoms with Crippen LogP contribution in [-0.2, 0) is 0 Å². The lowest BCUT2D eigenvalue weighted by Crippen LogP contribution is -2.33. The summed E-state index contributed by atoms with van der Waals surface area (Å²) in [6.07, 6.45) is 4.14. The minimum absolute atomic E-state index is 0.419. The number of aromatic nitrogens is 2. The van der Waals surface area contributed by atoms with Gasteiger partial charge in [0.1, 0.15) is 10.8 Å². The van der Waals surface area contributed by atoms with Crippen molar-refractivity contribution in [1.82, 2.24) is 9.97 Å². The third-order valence-electron chi connectivity index (χ3n) is 3.98. The van der Waals surface area contributed by atoms with Crippen LogP contribution in [0.3, 0.4) is 0 Å². The van der Waals surface area contributed by atoms with Crippen LogP contribution in [-0.4, -0.2) is 30.1 Å². The summed E-state index contributed by atoms with van der Waals surface area (Å²) in [5.74, 6) is 2.04. The number of piperidine rings is 1. The Morgan fingerprint density at radius 3 is 2.52 bits per heavy atom. The number of nitrogen functional groups attached to an aromatic ring is 1. The van der Waals surface area contributed by atoms with Gasteiger partial charge in [0.25, 0.3) is 0 Å². The zero-order chi connectivity index (χ0) is 18.4. The van der Waals surface area contributed by atoms with Crippen LogP contribution in [0.25, 0.3) is 0 Å². The van der Waals surface area contributed by atoms with Gasteiger partial charge in [-0.15, -0.1) is 0 Å². The van der Waals surface area contributed by atoms with E-state index >= 15 is 0 Å². The topological polar surface area (TPSA) is 81.1 Å². The maximum absolute atomic E-state index is 6.21. The summed E-state index contributed by atoms with van der Waals surface area (Å²) in [7, 11) is 1.50. The number of benzene rings is 1. The molecule has 5 nitrogen and oxygen atoms in total. The molecular formula is C17H23Cl2N5S. The molecule has 0 aliphatic carbocycles. The highest BCUT2D eigenvalue weighted by molar-refractivity contribution is 7.99. The number of hydrogen-bond acceptors (Lipinski definition) is 6. The van der Waals surface area contributed by atoms with Crippen LogP contribution in [0.5, 0.6) is 0 Å². The predicted octanol–water partition coefficient (Wildman–Crippen LogP) is 4.33. The van der Waals surface area contributed by atoms with E-state index < -0.39 is 0 Å². The summed E-state index contributed by atoms with van der Waals surface area (Å²) in [6, 6.07) is 5.49. The van der Waals surface area contributed by atoms with E-state index in [9.17, 15) is 0 Å². The monoisotopic (exact) mass is 399 g/mol. The Morgan fingerprint density at radius 2 is 1.88 bits per heavy atom. The van der Waals surface area contributed by atoms with Gasteiger partial charge < -0.3 is 16.4 Å². The second-order valence-electron chi connectivity index (χ2n) is 5.74. The highest BCUT2D eigenvalue weighted by Gasteiger charge is 2.18. The van der Waals surface area contributed by atoms with Crippen LogP contribution in [0.4, 0.5) is 11.6 Å². The third kappa shape index (κ3) is 5.14. The lowest BCUT2D eigenvalue weighted by Gasteiger charge is -2.31. The van der Waals surface area contributed by atoms with Crippen molar-refractivity contribution in [1.29, 1.82) is 0 Å². The molecule has 3 rings (SSSR count). The number of nitrogens with zero attached hydrogens (tertiary/aromatic N) is 3. The average molecular weight is 400 g/mol. The Morgan fingerprint density at radius 1 is 1.20 bits per heavy atom. The zero-order valence-electron chi connectivity index (χ0n) is 14.4. The van der Waals surface area contributed by atoms with Crippen molar-refractivity contribution in [2.75, 3.05) is 30.8 Å². The number of halogens is 2. The van der Waals surface area contributed by atoms with Gasteiger partial charge in [0.15, 0.2) is 5.82 Å². The van der Waals surface area contributed by atoms with Crippen molar-refractivity contribution in [3.05, 3.63) is 34.4 Å². The molecule has 0 bridgehead atoms. The van der Waals surface area contributed by atoms with Crippen molar-refractivity contribution < 1.29 is 0 Å². The van der Waals surface area contributed by atoms with Crippen molar-refractivity contribution in [2.24, 2.45) is 11.7 Å². The maximum Gasteiger partial charge on any atom is 0.158 e. The SMILES string of the molecule is CC1CCN(c2cnc(Sc3cccc(Cl)c3Cl)c(N)n2)CC1.CN. The fourth-order valence-corrected chi connectivity index (χ4v) is 3.80. The summed E-state index contributed by atoms with van der Waals surface area (Å²) in [5, 5.41) is 1.67. The number of rotatable bonds is 3. The molecule has 1 aliphatic rings. The van der Waals surface area contributed by atoms with Crippen LogP contribution >= 0.6 is 35.0 Å². The summed E-state index contributed by atoms with van der Waals surface area (Å²) in [6.45, 7) is 4.29. The molecule has 0 unspecified atom stereocenters. The summed E-state index contributed by atoms with van der Waals surface area (Å²) < 4.78 is 0. The fourth-order valence-electron chi connectivity index (χ4n) is 2.52. The van der Waals surface area contributed by atoms with E-state index in [2.05, 4.69) is 27.5 Å². The van der Waals surface area contributed by atoms with Gasteiger partial charge in [0, 0.05) is 18.0 Å². The molecule has 0 amide bonds. The smallest absolute Gasteiger partial charge is 0.158 e.